The quantitative estimate of drug-likeness (QED) is 0.735. The zero-order valence-electron chi connectivity index (χ0n) is 15.2. The third kappa shape index (κ3) is 5.81. The number of rotatable bonds is 8. The van der Waals surface area contributed by atoms with Crippen LogP contribution in [0.25, 0.3) is 0 Å². The van der Waals surface area contributed by atoms with Crippen molar-refractivity contribution in [3.8, 4) is 11.5 Å². The number of nitrogens with one attached hydrogen (secondary N) is 1. The van der Waals surface area contributed by atoms with E-state index in [0.717, 1.165) is 22.6 Å². The predicted octanol–water partition coefficient (Wildman–Crippen LogP) is 3.13. The number of methoxy groups -OCH3 is 2. The second-order valence-corrected chi connectivity index (χ2v) is 5.74. The lowest BCUT2D eigenvalue weighted by atomic mass is 10.1. The summed E-state index contributed by atoms with van der Waals surface area (Å²) < 4.78 is 15.0. The van der Waals surface area contributed by atoms with Gasteiger partial charge in [-0.3, -0.25) is 4.79 Å². The number of ether oxygens (including phenoxy) is 3. The Labute approximate surface area is 153 Å². The van der Waals surface area contributed by atoms with Gasteiger partial charge in [-0.25, -0.2) is 4.79 Å². The molecular formula is C20H23NO5. The molecule has 0 aromatic heterocycles. The highest BCUT2D eigenvalue weighted by Gasteiger charge is 2.08. The fourth-order valence-electron chi connectivity index (χ4n) is 2.33. The standard InChI is InChI=1S/C20H23NO5/c1-14-12-17(26-13-20(23)25-3)9-10-18(14)21-19(22)11-6-15-4-7-16(24-2)8-5-15/h4-5,7-10,12H,6,11,13H2,1-3H3,(H,21,22). The Bertz CT molecular complexity index is 755. The van der Waals surface area contributed by atoms with Gasteiger partial charge >= 0.3 is 5.97 Å². The van der Waals surface area contributed by atoms with Gasteiger partial charge in [0, 0.05) is 12.1 Å². The molecule has 0 unspecified atom stereocenters. The number of carbonyl (C=O) groups is 2. The molecule has 0 fully saturated rings. The van der Waals surface area contributed by atoms with Gasteiger partial charge in [0.15, 0.2) is 6.61 Å². The van der Waals surface area contributed by atoms with E-state index in [-0.39, 0.29) is 12.5 Å². The minimum Gasteiger partial charge on any atom is -0.497 e. The molecule has 0 heterocycles. The molecule has 138 valence electrons. The number of benzene rings is 2. The average Bonchev–Trinajstić information content (AvgIpc) is 2.66. The average molecular weight is 357 g/mol. The lowest BCUT2D eigenvalue weighted by Gasteiger charge is -2.11. The molecule has 0 aliphatic heterocycles. The van der Waals surface area contributed by atoms with Crippen molar-refractivity contribution in [2.75, 3.05) is 26.1 Å². The summed E-state index contributed by atoms with van der Waals surface area (Å²) in [6, 6.07) is 12.9. The molecule has 0 radical (unpaired) electrons. The Hall–Kier alpha value is -3.02. The summed E-state index contributed by atoms with van der Waals surface area (Å²) in [5.41, 5.74) is 2.64. The van der Waals surface area contributed by atoms with Crippen LogP contribution in [0.2, 0.25) is 0 Å². The van der Waals surface area contributed by atoms with E-state index in [0.29, 0.717) is 18.6 Å². The molecule has 0 aliphatic carbocycles. The molecule has 0 spiro atoms. The van der Waals surface area contributed by atoms with Crippen molar-refractivity contribution in [2.24, 2.45) is 0 Å². The summed E-state index contributed by atoms with van der Waals surface area (Å²) in [4.78, 5) is 23.3. The van der Waals surface area contributed by atoms with Crippen molar-refractivity contribution in [2.45, 2.75) is 19.8 Å². The van der Waals surface area contributed by atoms with Crippen molar-refractivity contribution in [3.63, 3.8) is 0 Å². The first-order valence-electron chi connectivity index (χ1n) is 8.25. The maximum Gasteiger partial charge on any atom is 0.343 e. The normalized spacial score (nSPS) is 10.1. The van der Waals surface area contributed by atoms with Gasteiger partial charge in [0.05, 0.1) is 14.2 Å². The highest BCUT2D eigenvalue weighted by atomic mass is 16.6. The molecule has 6 nitrogen and oxygen atoms in total. The maximum absolute atomic E-state index is 12.2. The molecule has 2 aromatic carbocycles. The molecule has 0 saturated heterocycles. The van der Waals surface area contributed by atoms with Crippen LogP contribution in [0.3, 0.4) is 0 Å². The van der Waals surface area contributed by atoms with E-state index in [1.807, 2.05) is 31.2 Å². The van der Waals surface area contributed by atoms with Crippen LogP contribution < -0.4 is 14.8 Å². The Kier molecular flexibility index (Phi) is 7.02. The van der Waals surface area contributed by atoms with Crippen molar-refractivity contribution < 1.29 is 23.8 Å². The van der Waals surface area contributed by atoms with Crippen LogP contribution >= 0.6 is 0 Å². The van der Waals surface area contributed by atoms with Gasteiger partial charge in [0.2, 0.25) is 5.91 Å². The van der Waals surface area contributed by atoms with Gasteiger partial charge in [0.25, 0.3) is 0 Å². The Balaban J connectivity index is 1.86. The van der Waals surface area contributed by atoms with Crippen molar-refractivity contribution in [1.82, 2.24) is 0 Å². The van der Waals surface area contributed by atoms with Crippen LogP contribution in [-0.4, -0.2) is 32.7 Å². The second-order valence-electron chi connectivity index (χ2n) is 5.74. The van der Waals surface area contributed by atoms with Gasteiger partial charge in [-0.1, -0.05) is 12.1 Å². The molecule has 0 atom stereocenters. The molecule has 0 saturated carbocycles. The molecular weight excluding hydrogens is 334 g/mol. The molecule has 1 amide bonds. The zero-order chi connectivity index (χ0) is 18.9. The summed E-state index contributed by atoms with van der Waals surface area (Å²) in [7, 11) is 2.93. The molecule has 2 aromatic rings. The highest BCUT2D eigenvalue weighted by molar-refractivity contribution is 5.91. The number of esters is 1. The van der Waals surface area contributed by atoms with E-state index in [2.05, 4.69) is 10.1 Å². The summed E-state index contributed by atoms with van der Waals surface area (Å²) in [5.74, 6) is 0.832. The number of carbonyl (C=O) groups excluding carboxylic acids is 2. The van der Waals surface area contributed by atoms with E-state index in [1.54, 1.807) is 25.3 Å². The smallest absolute Gasteiger partial charge is 0.343 e. The van der Waals surface area contributed by atoms with Crippen LogP contribution in [-0.2, 0) is 20.7 Å². The van der Waals surface area contributed by atoms with Crippen LogP contribution in [0, 0.1) is 6.92 Å². The Morgan fingerprint density at radius 1 is 1.00 bits per heavy atom. The molecule has 0 aliphatic rings. The zero-order valence-corrected chi connectivity index (χ0v) is 15.2. The lowest BCUT2D eigenvalue weighted by molar-refractivity contribution is -0.142. The maximum atomic E-state index is 12.2. The first-order chi connectivity index (χ1) is 12.5. The summed E-state index contributed by atoms with van der Waals surface area (Å²) in [6.45, 7) is 1.72. The summed E-state index contributed by atoms with van der Waals surface area (Å²) in [6.07, 6.45) is 1.03. The number of aryl methyl sites for hydroxylation is 2. The van der Waals surface area contributed by atoms with E-state index in [4.69, 9.17) is 9.47 Å². The van der Waals surface area contributed by atoms with Gasteiger partial charge in [-0.15, -0.1) is 0 Å². The topological polar surface area (TPSA) is 73.9 Å². The van der Waals surface area contributed by atoms with Gasteiger partial charge < -0.3 is 19.5 Å². The summed E-state index contributed by atoms with van der Waals surface area (Å²) in [5, 5.41) is 2.90. The van der Waals surface area contributed by atoms with Crippen LogP contribution in [0.1, 0.15) is 17.5 Å². The third-order valence-electron chi connectivity index (χ3n) is 3.86. The van der Waals surface area contributed by atoms with E-state index in [1.165, 1.54) is 7.11 Å². The number of hydrogen-bond acceptors (Lipinski definition) is 5. The Morgan fingerprint density at radius 3 is 2.31 bits per heavy atom. The van der Waals surface area contributed by atoms with Crippen LogP contribution in [0.15, 0.2) is 42.5 Å². The first kappa shape index (κ1) is 19.3. The fraction of sp³-hybridized carbons (Fsp3) is 0.300. The highest BCUT2D eigenvalue weighted by Crippen LogP contribution is 2.22. The van der Waals surface area contributed by atoms with Gasteiger partial charge in [0.1, 0.15) is 11.5 Å². The van der Waals surface area contributed by atoms with Crippen molar-refractivity contribution in [1.29, 1.82) is 0 Å². The third-order valence-corrected chi connectivity index (χ3v) is 3.86. The predicted molar refractivity (Wildman–Crippen MR) is 98.6 cm³/mol. The van der Waals surface area contributed by atoms with Gasteiger partial charge in [-0.2, -0.15) is 0 Å². The van der Waals surface area contributed by atoms with Crippen LogP contribution in [0.4, 0.5) is 5.69 Å². The molecule has 6 heteroatoms. The van der Waals surface area contributed by atoms with Crippen LogP contribution in [0.5, 0.6) is 11.5 Å². The fourth-order valence-corrected chi connectivity index (χ4v) is 2.33. The number of amides is 1. The van der Waals surface area contributed by atoms with E-state index >= 15 is 0 Å². The lowest BCUT2D eigenvalue weighted by Crippen LogP contribution is -2.14. The van der Waals surface area contributed by atoms with Crippen molar-refractivity contribution >= 4 is 17.6 Å². The number of anilines is 1. The minimum absolute atomic E-state index is 0.0628. The number of hydrogen-bond donors (Lipinski definition) is 1. The van der Waals surface area contributed by atoms with Gasteiger partial charge in [-0.05, 0) is 54.8 Å². The Morgan fingerprint density at radius 2 is 1.69 bits per heavy atom. The monoisotopic (exact) mass is 357 g/mol. The largest absolute Gasteiger partial charge is 0.497 e. The van der Waals surface area contributed by atoms with E-state index < -0.39 is 5.97 Å². The minimum atomic E-state index is -0.446. The SMILES string of the molecule is COC(=O)COc1ccc(NC(=O)CCc2ccc(OC)cc2)c(C)c1. The summed E-state index contributed by atoms with van der Waals surface area (Å²) >= 11 is 0. The van der Waals surface area contributed by atoms with Crippen molar-refractivity contribution in [3.05, 3.63) is 53.6 Å². The molecule has 1 N–H and O–H groups in total. The second kappa shape index (κ2) is 9.46. The van der Waals surface area contributed by atoms with E-state index in [9.17, 15) is 9.59 Å². The molecule has 26 heavy (non-hydrogen) atoms. The molecule has 0 bridgehead atoms. The first-order valence-corrected chi connectivity index (χ1v) is 8.25. The molecule has 2 rings (SSSR count).